The van der Waals surface area contributed by atoms with E-state index in [9.17, 15) is 9.59 Å². The molecule has 0 bridgehead atoms. The van der Waals surface area contributed by atoms with Crippen LogP contribution in [0.3, 0.4) is 0 Å². The molecule has 25 heavy (non-hydrogen) atoms. The molecule has 0 aliphatic rings. The second kappa shape index (κ2) is 9.59. The van der Waals surface area contributed by atoms with Gasteiger partial charge in [-0.25, -0.2) is 4.79 Å². The molecule has 1 amide bonds. The molecule has 2 aromatic rings. The first-order valence-electron chi connectivity index (χ1n) is 8.33. The minimum Gasteiger partial charge on any atom is -0.478 e. The van der Waals surface area contributed by atoms with Gasteiger partial charge in [-0.2, -0.15) is 0 Å². The van der Waals surface area contributed by atoms with Gasteiger partial charge in [0.25, 0.3) is 0 Å². The van der Waals surface area contributed by atoms with Gasteiger partial charge >= 0.3 is 5.97 Å². The van der Waals surface area contributed by atoms with Crippen LogP contribution in [-0.2, 0) is 29.1 Å². The first-order chi connectivity index (χ1) is 12.1. The normalized spacial score (nSPS) is 10.4. The van der Waals surface area contributed by atoms with Crippen LogP contribution in [0, 0.1) is 0 Å². The second-order valence-corrected chi connectivity index (χ2v) is 5.68. The maximum atomic E-state index is 12.1. The summed E-state index contributed by atoms with van der Waals surface area (Å²) in [4.78, 5) is 22.9. The molecule has 0 atom stereocenters. The van der Waals surface area contributed by atoms with Gasteiger partial charge in [-0.15, -0.1) is 0 Å². The van der Waals surface area contributed by atoms with Crippen molar-refractivity contribution in [3.8, 4) is 0 Å². The van der Waals surface area contributed by atoms with Crippen molar-refractivity contribution in [1.82, 2.24) is 5.32 Å². The molecule has 0 saturated heterocycles. The predicted molar refractivity (Wildman–Crippen MR) is 95.3 cm³/mol. The Balaban J connectivity index is 1.82. The Morgan fingerprint density at radius 2 is 1.72 bits per heavy atom. The SMILES string of the molecule is CCOCc1ccccc1CNC(=O)CCc1ccc(C(=O)O)cc1. The molecule has 2 rings (SSSR count). The van der Waals surface area contributed by atoms with Crippen molar-refractivity contribution >= 4 is 11.9 Å². The fraction of sp³-hybridized carbons (Fsp3) is 0.300. The molecule has 0 heterocycles. The van der Waals surface area contributed by atoms with Crippen LogP contribution in [-0.4, -0.2) is 23.6 Å². The van der Waals surface area contributed by atoms with E-state index in [0.29, 0.717) is 32.6 Å². The van der Waals surface area contributed by atoms with Gasteiger partial charge < -0.3 is 15.2 Å². The van der Waals surface area contributed by atoms with Crippen molar-refractivity contribution in [3.05, 3.63) is 70.8 Å². The fourth-order valence-corrected chi connectivity index (χ4v) is 2.44. The van der Waals surface area contributed by atoms with E-state index in [1.165, 1.54) is 0 Å². The quantitative estimate of drug-likeness (QED) is 0.734. The number of rotatable bonds is 9. The summed E-state index contributed by atoms with van der Waals surface area (Å²) in [6.45, 7) is 3.62. The summed E-state index contributed by atoms with van der Waals surface area (Å²) < 4.78 is 5.44. The molecule has 0 unspecified atom stereocenters. The minimum absolute atomic E-state index is 0.0338. The third kappa shape index (κ3) is 6.04. The van der Waals surface area contributed by atoms with Crippen LogP contribution < -0.4 is 5.32 Å². The molecule has 132 valence electrons. The molecule has 5 heteroatoms. The number of aryl methyl sites for hydroxylation is 1. The monoisotopic (exact) mass is 341 g/mol. The molecular weight excluding hydrogens is 318 g/mol. The van der Waals surface area contributed by atoms with Gasteiger partial charge in [0.05, 0.1) is 12.2 Å². The van der Waals surface area contributed by atoms with Gasteiger partial charge in [-0.1, -0.05) is 36.4 Å². The number of carbonyl (C=O) groups excluding carboxylic acids is 1. The van der Waals surface area contributed by atoms with Crippen LogP contribution in [0.1, 0.15) is 40.4 Å². The summed E-state index contributed by atoms with van der Waals surface area (Å²) in [5.41, 5.74) is 3.32. The average molecular weight is 341 g/mol. The van der Waals surface area contributed by atoms with Gasteiger partial charge in [-0.3, -0.25) is 4.79 Å². The highest BCUT2D eigenvalue weighted by molar-refractivity contribution is 5.87. The summed E-state index contributed by atoms with van der Waals surface area (Å²) in [5, 5.41) is 11.8. The number of nitrogens with one attached hydrogen (secondary N) is 1. The van der Waals surface area contributed by atoms with Crippen LogP contribution in [0.5, 0.6) is 0 Å². The van der Waals surface area contributed by atoms with E-state index < -0.39 is 5.97 Å². The molecule has 0 radical (unpaired) electrons. The number of aromatic carboxylic acids is 1. The standard InChI is InChI=1S/C20H23NO4/c1-2-25-14-18-6-4-3-5-17(18)13-21-19(22)12-9-15-7-10-16(11-8-15)20(23)24/h3-8,10-11H,2,9,12-14H2,1H3,(H,21,22)(H,23,24). The number of ether oxygens (including phenoxy) is 1. The summed E-state index contributed by atoms with van der Waals surface area (Å²) in [5.74, 6) is -0.983. The first-order valence-corrected chi connectivity index (χ1v) is 8.33. The lowest BCUT2D eigenvalue weighted by Gasteiger charge is -2.11. The lowest BCUT2D eigenvalue weighted by molar-refractivity contribution is -0.121. The lowest BCUT2D eigenvalue weighted by atomic mass is 10.1. The number of carboxylic acids is 1. The van der Waals surface area contributed by atoms with E-state index in [-0.39, 0.29) is 11.5 Å². The van der Waals surface area contributed by atoms with Crippen molar-refractivity contribution in [2.45, 2.75) is 32.9 Å². The number of amides is 1. The largest absolute Gasteiger partial charge is 0.478 e. The fourth-order valence-electron chi connectivity index (χ4n) is 2.44. The minimum atomic E-state index is -0.949. The van der Waals surface area contributed by atoms with Crippen molar-refractivity contribution in [2.75, 3.05) is 6.61 Å². The van der Waals surface area contributed by atoms with E-state index in [2.05, 4.69) is 5.32 Å². The molecule has 5 nitrogen and oxygen atoms in total. The molecule has 0 aliphatic heterocycles. The van der Waals surface area contributed by atoms with Crippen LogP contribution in [0.15, 0.2) is 48.5 Å². The summed E-state index contributed by atoms with van der Waals surface area (Å²) in [6.07, 6.45) is 0.937. The van der Waals surface area contributed by atoms with Crippen LogP contribution >= 0.6 is 0 Å². The molecule has 0 saturated carbocycles. The van der Waals surface area contributed by atoms with Crippen molar-refractivity contribution in [2.24, 2.45) is 0 Å². The van der Waals surface area contributed by atoms with Gasteiger partial charge in [-0.05, 0) is 42.2 Å². The summed E-state index contributed by atoms with van der Waals surface area (Å²) >= 11 is 0. The Morgan fingerprint density at radius 1 is 1.04 bits per heavy atom. The number of carbonyl (C=O) groups is 2. The number of carboxylic acid groups (broad SMARTS) is 1. The number of hydrogen-bond donors (Lipinski definition) is 2. The molecule has 2 N–H and O–H groups in total. The van der Waals surface area contributed by atoms with E-state index in [4.69, 9.17) is 9.84 Å². The van der Waals surface area contributed by atoms with E-state index >= 15 is 0 Å². The molecular formula is C20H23NO4. The Hall–Kier alpha value is -2.66. The third-order valence-electron chi connectivity index (χ3n) is 3.90. The predicted octanol–water partition coefficient (Wildman–Crippen LogP) is 3.17. The highest BCUT2D eigenvalue weighted by atomic mass is 16.5. The van der Waals surface area contributed by atoms with E-state index in [0.717, 1.165) is 16.7 Å². The zero-order valence-corrected chi connectivity index (χ0v) is 14.3. The van der Waals surface area contributed by atoms with Crippen LogP contribution in [0.4, 0.5) is 0 Å². The number of hydrogen-bond acceptors (Lipinski definition) is 3. The zero-order valence-electron chi connectivity index (χ0n) is 14.3. The van der Waals surface area contributed by atoms with Gasteiger partial charge in [0.2, 0.25) is 5.91 Å². The third-order valence-corrected chi connectivity index (χ3v) is 3.90. The zero-order chi connectivity index (χ0) is 18.1. The maximum Gasteiger partial charge on any atom is 0.335 e. The van der Waals surface area contributed by atoms with Crippen LogP contribution in [0.2, 0.25) is 0 Å². The molecule has 0 spiro atoms. The Kier molecular flexibility index (Phi) is 7.16. The van der Waals surface area contributed by atoms with Gasteiger partial charge in [0.1, 0.15) is 0 Å². The van der Waals surface area contributed by atoms with Crippen molar-refractivity contribution < 1.29 is 19.4 Å². The van der Waals surface area contributed by atoms with Crippen LogP contribution in [0.25, 0.3) is 0 Å². The second-order valence-electron chi connectivity index (χ2n) is 5.68. The Morgan fingerprint density at radius 3 is 2.36 bits per heavy atom. The molecule has 0 aromatic heterocycles. The van der Waals surface area contributed by atoms with E-state index in [1.807, 2.05) is 31.2 Å². The average Bonchev–Trinajstić information content (AvgIpc) is 2.64. The lowest BCUT2D eigenvalue weighted by Crippen LogP contribution is -2.23. The summed E-state index contributed by atoms with van der Waals surface area (Å²) in [7, 11) is 0. The van der Waals surface area contributed by atoms with Crippen molar-refractivity contribution in [1.29, 1.82) is 0 Å². The molecule has 0 aliphatic carbocycles. The first kappa shape index (κ1) is 18.7. The maximum absolute atomic E-state index is 12.1. The van der Waals surface area contributed by atoms with Gasteiger partial charge in [0.15, 0.2) is 0 Å². The highest BCUT2D eigenvalue weighted by Gasteiger charge is 2.07. The molecule has 2 aromatic carbocycles. The highest BCUT2D eigenvalue weighted by Crippen LogP contribution is 2.11. The number of benzene rings is 2. The Labute approximate surface area is 147 Å². The Bertz CT molecular complexity index is 710. The molecule has 0 fully saturated rings. The summed E-state index contributed by atoms with van der Waals surface area (Å²) in [6, 6.07) is 14.5. The smallest absolute Gasteiger partial charge is 0.335 e. The van der Waals surface area contributed by atoms with Gasteiger partial charge in [0, 0.05) is 19.6 Å². The van der Waals surface area contributed by atoms with Crippen molar-refractivity contribution in [3.63, 3.8) is 0 Å². The van der Waals surface area contributed by atoms with E-state index in [1.54, 1.807) is 24.3 Å². The topological polar surface area (TPSA) is 75.6 Å².